The average Bonchev–Trinajstić information content (AvgIpc) is 3.10. The third-order valence-corrected chi connectivity index (χ3v) is 5.48. The Morgan fingerprint density at radius 1 is 1.12 bits per heavy atom. The van der Waals surface area contributed by atoms with Gasteiger partial charge in [-0.1, -0.05) is 25.8 Å². The van der Waals surface area contributed by atoms with Crippen molar-refractivity contribution in [3.63, 3.8) is 0 Å². The van der Waals surface area contributed by atoms with E-state index >= 15 is 0 Å². The van der Waals surface area contributed by atoms with Crippen molar-refractivity contribution >= 4 is 17.7 Å². The summed E-state index contributed by atoms with van der Waals surface area (Å²) in [4.78, 5) is 38.2. The molecule has 1 saturated heterocycles. The van der Waals surface area contributed by atoms with Crippen LogP contribution in [0.25, 0.3) is 0 Å². The molecule has 3 atom stereocenters. The van der Waals surface area contributed by atoms with Gasteiger partial charge in [0.25, 0.3) is 0 Å². The topological polar surface area (TPSA) is 119 Å². The average molecular weight is 350 g/mol. The molecule has 2 fully saturated rings. The Morgan fingerprint density at radius 2 is 1.76 bits per heavy atom. The molecule has 0 bridgehead atoms. The lowest BCUT2D eigenvalue weighted by Gasteiger charge is -2.32. The maximum absolute atomic E-state index is 12.8. The van der Waals surface area contributed by atoms with Crippen molar-refractivity contribution in [3.05, 3.63) is 12.2 Å². The highest BCUT2D eigenvalue weighted by molar-refractivity contribution is 5.95. The normalized spacial score (nSPS) is 23.8. The molecule has 3 amide bonds. The number of carbonyl (C=O) groups is 3. The molecule has 140 valence electrons. The van der Waals surface area contributed by atoms with Gasteiger partial charge in [0, 0.05) is 12.1 Å². The number of primary amides is 1. The van der Waals surface area contributed by atoms with Crippen LogP contribution < -0.4 is 16.8 Å². The van der Waals surface area contributed by atoms with Crippen molar-refractivity contribution in [2.45, 2.75) is 70.0 Å². The molecule has 1 heterocycles. The molecule has 0 aromatic rings. The summed E-state index contributed by atoms with van der Waals surface area (Å²) >= 11 is 0. The number of rotatable bonds is 6. The number of hydrogen-bond donors (Lipinski definition) is 3. The van der Waals surface area contributed by atoms with Gasteiger partial charge in [0.15, 0.2) is 0 Å². The monoisotopic (exact) mass is 350 g/mol. The van der Waals surface area contributed by atoms with Crippen LogP contribution in [-0.2, 0) is 14.4 Å². The first-order chi connectivity index (χ1) is 11.8. The van der Waals surface area contributed by atoms with E-state index in [2.05, 4.69) is 11.9 Å². The van der Waals surface area contributed by atoms with E-state index in [9.17, 15) is 14.4 Å². The number of likely N-dealkylation sites (tertiary alicyclic amines) is 1. The Bertz CT molecular complexity index is 542. The van der Waals surface area contributed by atoms with Crippen molar-refractivity contribution in [1.82, 2.24) is 10.2 Å². The zero-order valence-corrected chi connectivity index (χ0v) is 15.0. The van der Waals surface area contributed by atoms with E-state index in [0.29, 0.717) is 13.0 Å². The molecule has 1 aliphatic carbocycles. The largest absolute Gasteiger partial charge is 0.366 e. The summed E-state index contributed by atoms with van der Waals surface area (Å²) in [5.74, 6) is -0.854. The van der Waals surface area contributed by atoms with Gasteiger partial charge in [-0.25, -0.2) is 0 Å². The second kappa shape index (κ2) is 8.47. The molecule has 0 radical (unpaired) electrons. The van der Waals surface area contributed by atoms with Gasteiger partial charge in [0.05, 0.1) is 12.1 Å². The Balaban J connectivity index is 1.98. The molecule has 0 aromatic heterocycles. The number of carbonyl (C=O) groups excluding carboxylic acids is 3. The Hall–Kier alpha value is -1.89. The number of nitrogens with two attached hydrogens (primary N) is 2. The lowest BCUT2D eigenvalue weighted by Crippen LogP contribution is -2.54. The maximum atomic E-state index is 12.8. The molecular weight excluding hydrogens is 320 g/mol. The van der Waals surface area contributed by atoms with E-state index in [1.165, 1.54) is 6.42 Å². The molecule has 2 rings (SSSR count). The molecule has 1 aliphatic heterocycles. The lowest BCUT2D eigenvalue weighted by atomic mass is 9.83. The van der Waals surface area contributed by atoms with Gasteiger partial charge in [-0.05, 0) is 38.5 Å². The number of amides is 3. The Morgan fingerprint density at radius 3 is 2.36 bits per heavy atom. The van der Waals surface area contributed by atoms with E-state index in [1.54, 1.807) is 11.8 Å². The van der Waals surface area contributed by atoms with Gasteiger partial charge in [-0.3, -0.25) is 14.4 Å². The van der Waals surface area contributed by atoms with Crippen molar-refractivity contribution in [3.8, 4) is 0 Å². The van der Waals surface area contributed by atoms with Crippen LogP contribution in [-0.4, -0.2) is 47.3 Å². The van der Waals surface area contributed by atoms with Crippen LogP contribution in [0.3, 0.4) is 0 Å². The van der Waals surface area contributed by atoms with Crippen molar-refractivity contribution < 1.29 is 14.4 Å². The fraction of sp³-hybridized carbons (Fsp3) is 0.722. The highest BCUT2D eigenvalue weighted by Gasteiger charge is 2.38. The zero-order valence-electron chi connectivity index (χ0n) is 15.0. The minimum Gasteiger partial charge on any atom is -0.366 e. The van der Waals surface area contributed by atoms with Gasteiger partial charge >= 0.3 is 0 Å². The van der Waals surface area contributed by atoms with Crippen LogP contribution in [0.15, 0.2) is 12.2 Å². The highest BCUT2D eigenvalue weighted by atomic mass is 16.2. The van der Waals surface area contributed by atoms with Gasteiger partial charge < -0.3 is 21.7 Å². The summed E-state index contributed by atoms with van der Waals surface area (Å²) in [6.45, 7) is 5.78. The summed E-state index contributed by atoms with van der Waals surface area (Å²) in [5, 5.41) is 2.73. The molecule has 2 aliphatic rings. The summed E-state index contributed by atoms with van der Waals surface area (Å²) in [6, 6.07) is -1.63. The van der Waals surface area contributed by atoms with E-state index in [-0.39, 0.29) is 23.3 Å². The number of nitrogens with zero attached hydrogens (tertiary/aromatic N) is 1. The first-order valence-electron chi connectivity index (χ1n) is 9.18. The van der Waals surface area contributed by atoms with Crippen molar-refractivity contribution in [1.29, 1.82) is 0 Å². The highest BCUT2D eigenvalue weighted by Crippen LogP contribution is 2.28. The minimum absolute atomic E-state index is 0.133. The summed E-state index contributed by atoms with van der Waals surface area (Å²) in [7, 11) is 0. The fourth-order valence-electron chi connectivity index (χ4n) is 3.80. The molecule has 25 heavy (non-hydrogen) atoms. The zero-order chi connectivity index (χ0) is 18.6. The molecule has 3 unspecified atom stereocenters. The van der Waals surface area contributed by atoms with Crippen LogP contribution in [0.2, 0.25) is 0 Å². The predicted octanol–water partition coefficient (Wildman–Crippen LogP) is 0.431. The minimum atomic E-state index is -0.647. The fourth-order valence-corrected chi connectivity index (χ4v) is 3.80. The third kappa shape index (κ3) is 4.60. The van der Waals surface area contributed by atoms with Crippen molar-refractivity contribution in [2.75, 3.05) is 6.54 Å². The van der Waals surface area contributed by atoms with Gasteiger partial charge in [0.1, 0.15) is 6.04 Å². The predicted molar refractivity (Wildman–Crippen MR) is 95.2 cm³/mol. The van der Waals surface area contributed by atoms with Crippen molar-refractivity contribution in [2.24, 2.45) is 17.4 Å². The molecule has 1 saturated carbocycles. The Kier molecular flexibility index (Phi) is 6.58. The number of hydrogen-bond acceptors (Lipinski definition) is 4. The van der Waals surface area contributed by atoms with E-state index in [0.717, 1.165) is 32.1 Å². The first-order valence-corrected chi connectivity index (χ1v) is 9.18. The summed E-state index contributed by atoms with van der Waals surface area (Å²) in [6.07, 6.45) is 6.76. The van der Waals surface area contributed by atoms with Crippen LogP contribution in [0.4, 0.5) is 0 Å². The molecule has 0 aromatic carbocycles. The lowest BCUT2D eigenvalue weighted by molar-refractivity contribution is -0.140. The second-order valence-electron chi connectivity index (χ2n) is 7.23. The maximum Gasteiger partial charge on any atom is 0.246 e. The molecule has 5 N–H and O–H groups in total. The smallest absolute Gasteiger partial charge is 0.246 e. The summed E-state index contributed by atoms with van der Waals surface area (Å²) in [5.41, 5.74) is 11.6. The van der Waals surface area contributed by atoms with E-state index in [1.807, 2.05) is 0 Å². The van der Waals surface area contributed by atoms with Gasteiger partial charge in [-0.2, -0.15) is 0 Å². The molecule has 7 nitrogen and oxygen atoms in total. The standard InChI is InChI=1S/C18H30N4O3/c1-11(16(20)23)12(2)21-17(24)14-9-6-10-22(14)18(25)15(19)13-7-4-3-5-8-13/h12-15H,1,3-10,19H2,2H3,(H2,20,23)(H,21,24). The first kappa shape index (κ1) is 19.4. The van der Waals surface area contributed by atoms with E-state index < -0.39 is 24.0 Å². The van der Waals surface area contributed by atoms with Gasteiger partial charge in [-0.15, -0.1) is 0 Å². The molecule has 0 spiro atoms. The number of nitrogens with one attached hydrogen (secondary N) is 1. The van der Waals surface area contributed by atoms with Crippen LogP contribution in [0, 0.1) is 5.92 Å². The quantitative estimate of drug-likeness (QED) is 0.602. The molecular formula is C18H30N4O3. The summed E-state index contributed by atoms with van der Waals surface area (Å²) < 4.78 is 0. The van der Waals surface area contributed by atoms with Gasteiger partial charge in [0.2, 0.25) is 17.7 Å². The molecule has 7 heteroatoms. The second-order valence-corrected chi connectivity index (χ2v) is 7.23. The Labute approximate surface area is 149 Å². The SMILES string of the molecule is C=C(C(N)=O)C(C)NC(=O)C1CCCN1C(=O)C(N)C1CCCCC1. The van der Waals surface area contributed by atoms with Crippen LogP contribution >= 0.6 is 0 Å². The van der Waals surface area contributed by atoms with Crippen LogP contribution in [0.5, 0.6) is 0 Å². The van der Waals surface area contributed by atoms with Crippen LogP contribution in [0.1, 0.15) is 51.9 Å². The van der Waals surface area contributed by atoms with E-state index in [4.69, 9.17) is 11.5 Å². The third-order valence-electron chi connectivity index (χ3n) is 5.48.